The molecule has 0 spiro atoms. The molecule has 5 nitrogen and oxygen atoms in total. The number of amides is 1. The third kappa shape index (κ3) is 2.70. The van der Waals surface area contributed by atoms with E-state index in [2.05, 4.69) is 5.32 Å². The van der Waals surface area contributed by atoms with Gasteiger partial charge >= 0.3 is 5.97 Å². The number of nitrogens with one attached hydrogen (secondary N) is 1. The van der Waals surface area contributed by atoms with Crippen LogP contribution < -0.4 is 5.32 Å². The van der Waals surface area contributed by atoms with E-state index in [1.54, 1.807) is 0 Å². The summed E-state index contributed by atoms with van der Waals surface area (Å²) in [5.41, 5.74) is -0.941. The zero-order valence-electron chi connectivity index (χ0n) is 8.54. The molecule has 1 rings (SSSR count). The molecule has 1 amide bonds. The molecule has 0 aliphatic heterocycles. The molecule has 14 heavy (non-hydrogen) atoms. The predicted molar refractivity (Wildman–Crippen MR) is 50.9 cm³/mol. The topological polar surface area (TPSA) is 69.6 Å². The Hall–Kier alpha value is -1.10. The summed E-state index contributed by atoms with van der Waals surface area (Å²) in [5.74, 6) is -1.10. The van der Waals surface area contributed by atoms with Crippen molar-refractivity contribution in [2.45, 2.75) is 24.8 Å². The van der Waals surface area contributed by atoms with Gasteiger partial charge in [0.05, 0.1) is 0 Å². The molecule has 80 valence electrons. The molecule has 2 N–H and O–H groups in total. The number of carboxylic acid groups (broad SMARTS) is 1. The quantitative estimate of drug-likeness (QED) is 0.637. The van der Waals surface area contributed by atoms with Gasteiger partial charge in [-0.1, -0.05) is 0 Å². The van der Waals surface area contributed by atoms with Gasteiger partial charge in [0.1, 0.15) is 5.54 Å². The molecule has 0 saturated heterocycles. The summed E-state index contributed by atoms with van der Waals surface area (Å²) in [5, 5.41) is 11.4. The molecular formula is C9H16N2O3. The zero-order chi connectivity index (χ0) is 10.8. The summed E-state index contributed by atoms with van der Waals surface area (Å²) in [6.07, 6.45) is 1.45. The van der Waals surface area contributed by atoms with Crippen LogP contribution in [0.2, 0.25) is 0 Å². The number of hydrogen-bond acceptors (Lipinski definition) is 3. The van der Waals surface area contributed by atoms with Crippen molar-refractivity contribution < 1.29 is 14.7 Å². The van der Waals surface area contributed by atoms with Crippen LogP contribution in [0.25, 0.3) is 0 Å². The second kappa shape index (κ2) is 3.96. The lowest BCUT2D eigenvalue weighted by Gasteiger charge is -2.13. The number of carbonyl (C=O) groups excluding carboxylic acids is 1. The van der Waals surface area contributed by atoms with Crippen molar-refractivity contribution in [3.63, 3.8) is 0 Å². The van der Waals surface area contributed by atoms with Crippen LogP contribution >= 0.6 is 0 Å². The summed E-state index contributed by atoms with van der Waals surface area (Å²) in [7, 11) is 3.74. The number of hydrogen-bond donors (Lipinski definition) is 2. The van der Waals surface area contributed by atoms with E-state index in [9.17, 15) is 9.59 Å². The molecule has 1 aliphatic rings. The SMILES string of the molecule is CN(C)CCC(=O)NC1(C(=O)O)CC1. The van der Waals surface area contributed by atoms with Crippen LogP contribution in [0.4, 0.5) is 0 Å². The average Bonchev–Trinajstić information content (AvgIpc) is 2.82. The van der Waals surface area contributed by atoms with E-state index in [-0.39, 0.29) is 5.91 Å². The standard InChI is InChI=1S/C9H16N2O3/c1-11(2)6-3-7(12)10-9(4-5-9)8(13)14/h3-6H2,1-2H3,(H,10,12)(H,13,14). The van der Waals surface area contributed by atoms with Crippen molar-refractivity contribution in [1.82, 2.24) is 10.2 Å². The molecule has 0 heterocycles. The van der Waals surface area contributed by atoms with Crippen LogP contribution in [-0.4, -0.2) is 48.1 Å². The monoisotopic (exact) mass is 200 g/mol. The Bertz CT molecular complexity index is 246. The zero-order valence-corrected chi connectivity index (χ0v) is 8.54. The highest BCUT2D eigenvalue weighted by Gasteiger charge is 2.51. The average molecular weight is 200 g/mol. The Morgan fingerprint density at radius 3 is 2.36 bits per heavy atom. The fourth-order valence-corrected chi connectivity index (χ4v) is 1.17. The Morgan fingerprint density at radius 2 is 2.00 bits per heavy atom. The van der Waals surface area contributed by atoms with Gasteiger partial charge in [0.2, 0.25) is 5.91 Å². The van der Waals surface area contributed by atoms with Gasteiger partial charge in [-0.05, 0) is 26.9 Å². The van der Waals surface area contributed by atoms with Gasteiger partial charge in [-0.2, -0.15) is 0 Å². The summed E-state index contributed by atoms with van der Waals surface area (Å²) in [4.78, 5) is 23.9. The highest BCUT2D eigenvalue weighted by Crippen LogP contribution is 2.35. The van der Waals surface area contributed by atoms with E-state index in [4.69, 9.17) is 5.11 Å². The smallest absolute Gasteiger partial charge is 0.329 e. The van der Waals surface area contributed by atoms with Crippen molar-refractivity contribution in [2.24, 2.45) is 0 Å². The first kappa shape index (κ1) is 11.0. The maximum absolute atomic E-state index is 11.3. The molecule has 5 heteroatoms. The van der Waals surface area contributed by atoms with Crippen LogP contribution in [0.15, 0.2) is 0 Å². The molecule has 1 aliphatic carbocycles. The predicted octanol–water partition coefficient (Wildman–Crippen LogP) is -0.328. The third-order valence-corrected chi connectivity index (χ3v) is 2.32. The van der Waals surface area contributed by atoms with Crippen LogP contribution in [0.3, 0.4) is 0 Å². The van der Waals surface area contributed by atoms with Crippen LogP contribution in [0.5, 0.6) is 0 Å². The van der Waals surface area contributed by atoms with Crippen molar-refractivity contribution >= 4 is 11.9 Å². The fraction of sp³-hybridized carbons (Fsp3) is 0.778. The van der Waals surface area contributed by atoms with Gasteiger partial charge in [-0.3, -0.25) is 4.79 Å². The van der Waals surface area contributed by atoms with Gasteiger partial charge in [-0.15, -0.1) is 0 Å². The van der Waals surface area contributed by atoms with Gasteiger partial charge in [-0.25, -0.2) is 4.79 Å². The Balaban J connectivity index is 2.31. The lowest BCUT2D eigenvalue weighted by atomic mass is 10.2. The van der Waals surface area contributed by atoms with Crippen molar-refractivity contribution in [3.05, 3.63) is 0 Å². The van der Waals surface area contributed by atoms with E-state index in [1.165, 1.54) is 0 Å². The van der Waals surface area contributed by atoms with Crippen molar-refractivity contribution in [2.75, 3.05) is 20.6 Å². The van der Waals surface area contributed by atoms with Crippen LogP contribution in [-0.2, 0) is 9.59 Å². The van der Waals surface area contributed by atoms with Gasteiger partial charge in [0.25, 0.3) is 0 Å². The molecule has 0 aromatic rings. The summed E-state index contributed by atoms with van der Waals surface area (Å²) < 4.78 is 0. The van der Waals surface area contributed by atoms with Gasteiger partial charge < -0.3 is 15.3 Å². The highest BCUT2D eigenvalue weighted by atomic mass is 16.4. The first-order valence-electron chi connectivity index (χ1n) is 4.65. The largest absolute Gasteiger partial charge is 0.480 e. The molecule has 0 aromatic heterocycles. The fourth-order valence-electron chi connectivity index (χ4n) is 1.17. The normalized spacial score (nSPS) is 17.9. The number of rotatable bonds is 5. The second-order valence-corrected chi connectivity index (χ2v) is 3.99. The number of carboxylic acids is 1. The van der Waals surface area contributed by atoms with Crippen LogP contribution in [0, 0.1) is 0 Å². The minimum atomic E-state index is -0.941. The molecule has 0 atom stereocenters. The van der Waals surface area contributed by atoms with E-state index in [0.717, 1.165) is 0 Å². The second-order valence-electron chi connectivity index (χ2n) is 3.99. The minimum absolute atomic E-state index is 0.182. The lowest BCUT2D eigenvalue weighted by molar-refractivity contribution is -0.143. The Morgan fingerprint density at radius 1 is 1.43 bits per heavy atom. The number of carbonyl (C=O) groups is 2. The molecule has 0 bridgehead atoms. The Labute approximate surface area is 83.1 Å². The van der Waals surface area contributed by atoms with E-state index >= 15 is 0 Å². The molecule has 0 unspecified atom stereocenters. The third-order valence-electron chi connectivity index (χ3n) is 2.32. The molecule has 1 saturated carbocycles. The Kier molecular flexibility index (Phi) is 3.10. The van der Waals surface area contributed by atoms with E-state index in [0.29, 0.717) is 25.8 Å². The van der Waals surface area contributed by atoms with E-state index < -0.39 is 11.5 Å². The summed E-state index contributed by atoms with van der Waals surface area (Å²) in [6, 6.07) is 0. The number of nitrogens with zero attached hydrogens (tertiary/aromatic N) is 1. The maximum Gasteiger partial charge on any atom is 0.329 e. The van der Waals surface area contributed by atoms with Gasteiger partial charge in [0, 0.05) is 13.0 Å². The highest BCUT2D eigenvalue weighted by molar-refractivity contribution is 5.89. The maximum atomic E-state index is 11.3. The molecule has 0 aromatic carbocycles. The summed E-state index contributed by atoms with van der Waals surface area (Å²) in [6.45, 7) is 0.640. The first-order valence-corrected chi connectivity index (χ1v) is 4.65. The summed E-state index contributed by atoms with van der Waals surface area (Å²) >= 11 is 0. The minimum Gasteiger partial charge on any atom is -0.480 e. The van der Waals surface area contributed by atoms with Crippen molar-refractivity contribution in [1.29, 1.82) is 0 Å². The lowest BCUT2D eigenvalue weighted by Crippen LogP contribution is -2.43. The van der Waals surface area contributed by atoms with Gasteiger partial charge in [0.15, 0.2) is 0 Å². The molecule has 1 fully saturated rings. The van der Waals surface area contributed by atoms with Crippen LogP contribution in [0.1, 0.15) is 19.3 Å². The molecular weight excluding hydrogens is 184 g/mol. The van der Waals surface area contributed by atoms with E-state index in [1.807, 2.05) is 19.0 Å². The first-order chi connectivity index (χ1) is 6.46. The molecule has 0 radical (unpaired) electrons. The number of aliphatic carboxylic acids is 1. The van der Waals surface area contributed by atoms with Crippen molar-refractivity contribution in [3.8, 4) is 0 Å².